The zero-order valence-electron chi connectivity index (χ0n) is 15.9. The van der Waals surface area contributed by atoms with Crippen LogP contribution in [0.3, 0.4) is 0 Å². The molecule has 0 N–H and O–H groups in total. The molecule has 4 rings (SSSR count). The maximum Gasteiger partial charge on any atom is 0.264 e. The number of amides is 1. The van der Waals surface area contributed by atoms with Crippen molar-refractivity contribution in [2.24, 2.45) is 0 Å². The minimum absolute atomic E-state index is 0.0263. The van der Waals surface area contributed by atoms with Crippen molar-refractivity contribution in [2.45, 2.75) is 19.6 Å². The fourth-order valence-corrected chi connectivity index (χ4v) is 3.98. The molecule has 3 nitrogen and oxygen atoms in total. The molecule has 5 heteroatoms. The van der Waals surface area contributed by atoms with Crippen LogP contribution in [-0.4, -0.2) is 15.4 Å². The number of benzene rings is 2. The summed E-state index contributed by atoms with van der Waals surface area (Å²) in [5.74, 6) is -0.213. The molecule has 0 radical (unpaired) electrons. The molecule has 0 aliphatic heterocycles. The van der Waals surface area contributed by atoms with Crippen molar-refractivity contribution in [3.8, 4) is 0 Å². The Bertz CT molecular complexity index is 1060. The van der Waals surface area contributed by atoms with E-state index >= 15 is 0 Å². The molecule has 146 valence electrons. The lowest BCUT2D eigenvalue weighted by Crippen LogP contribution is -2.30. The Balaban J connectivity index is 1.57. The van der Waals surface area contributed by atoms with Gasteiger partial charge in [0.05, 0.1) is 11.4 Å². The van der Waals surface area contributed by atoms with E-state index in [1.807, 2.05) is 71.1 Å². The minimum Gasteiger partial charge on any atom is -0.345 e. The van der Waals surface area contributed by atoms with Gasteiger partial charge in [0.1, 0.15) is 5.82 Å². The van der Waals surface area contributed by atoms with Crippen LogP contribution in [0.5, 0.6) is 0 Å². The summed E-state index contributed by atoms with van der Waals surface area (Å²) in [7, 11) is 0. The van der Waals surface area contributed by atoms with E-state index < -0.39 is 0 Å². The summed E-state index contributed by atoms with van der Waals surface area (Å²) in [6, 6.07) is 24.3. The van der Waals surface area contributed by atoms with Crippen LogP contribution in [0.4, 0.5) is 4.39 Å². The SMILES string of the molecule is O=C(c1cccs1)N(Cc1ccccc1)Cc1cccn1Cc1ccc(F)cc1. The van der Waals surface area contributed by atoms with Crippen molar-refractivity contribution in [3.05, 3.63) is 118 Å². The zero-order valence-corrected chi connectivity index (χ0v) is 16.7. The molecule has 4 aromatic rings. The van der Waals surface area contributed by atoms with Crippen LogP contribution in [0.1, 0.15) is 26.5 Å². The molecular weight excluding hydrogens is 383 g/mol. The van der Waals surface area contributed by atoms with E-state index in [-0.39, 0.29) is 11.7 Å². The molecule has 0 aliphatic rings. The van der Waals surface area contributed by atoms with Gasteiger partial charge >= 0.3 is 0 Å². The van der Waals surface area contributed by atoms with Crippen LogP contribution in [0, 0.1) is 5.82 Å². The number of hydrogen-bond acceptors (Lipinski definition) is 2. The molecule has 29 heavy (non-hydrogen) atoms. The van der Waals surface area contributed by atoms with Crippen molar-refractivity contribution in [3.63, 3.8) is 0 Å². The van der Waals surface area contributed by atoms with Gasteiger partial charge in [-0.2, -0.15) is 0 Å². The number of carbonyl (C=O) groups excluding carboxylic acids is 1. The average Bonchev–Trinajstić information content (AvgIpc) is 3.42. The van der Waals surface area contributed by atoms with Gasteiger partial charge in [-0.1, -0.05) is 48.5 Å². The van der Waals surface area contributed by atoms with Crippen molar-refractivity contribution in [2.75, 3.05) is 0 Å². The van der Waals surface area contributed by atoms with Crippen molar-refractivity contribution in [1.29, 1.82) is 0 Å². The Kier molecular flexibility index (Phi) is 5.86. The number of nitrogens with zero attached hydrogens (tertiary/aromatic N) is 2. The molecule has 2 aromatic heterocycles. The number of halogens is 1. The maximum atomic E-state index is 13.2. The number of rotatable bonds is 7. The normalized spacial score (nSPS) is 10.8. The van der Waals surface area contributed by atoms with E-state index in [4.69, 9.17) is 0 Å². The second-order valence-electron chi connectivity index (χ2n) is 6.88. The number of carbonyl (C=O) groups is 1. The number of hydrogen-bond donors (Lipinski definition) is 0. The van der Waals surface area contributed by atoms with Gasteiger partial charge in [0.15, 0.2) is 0 Å². The van der Waals surface area contributed by atoms with Crippen LogP contribution in [0.25, 0.3) is 0 Å². The van der Waals surface area contributed by atoms with E-state index in [2.05, 4.69) is 4.57 Å². The molecule has 0 bridgehead atoms. The molecule has 0 atom stereocenters. The Morgan fingerprint density at radius 2 is 1.66 bits per heavy atom. The summed E-state index contributed by atoms with van der Waals surface area (Å²) in [4.78, 5) is 15.7. The summed E-state index contributed by atoms with van der Waals surface area (Å²) in [6.45, 7) is 1.67. The highest BCUT2D eigenvalue weighted by molar-refractivity contribution is 7.12. The quantitative estimate of drug-likeness (QED) is 0.395. The predicted octanol–water partition coefficient (Wildman–Crippen LogP) is 5.58. The summed E-state index contributed by atoms with van der Waals surface area (Å²) in [5.41, 5.74) is 3.15. The first-order chi connectivity index (χ1) is 14.2. The van der Waals surface area contributed by atoms with Crippen LogP contribution in [0.15, 0.2) is 90.4 Å². The third-order valence-corrected chi connectivity index (χ3v) is 5.64. The summed E-state index contributed by atoms with van der Waals surface area (Å²) < 4.78 is 15.3. The predicted molar refractivity (Wildman–Crippen MR) is 114 cm³/mol. The van der Waals surface area contributed by atoms with Gasteiger partial charge in [0.2, 0.25) is 0 Å². The van der Waals surface area contributed by atoms with E-state index in [0.717, 1.165) is 21.7 Å². The molecule has 0 spiro atoms. The minimum atomic E-state index is -0.239. The first kappa shape index (κ1) is 19.2. The lowest BCUT2D eigenvalue weighted by molar-refractivity contribution is 0.0731. The number of thiophene rings is 1. The van der Waals surface area contributed by atoms with Gasteiger partial charge in [0.25, 0.3) is 5.91 Å². The zero-order chi connectivity index (χ0) is 20.1. The average molecular weight is 405 g/mol. The van der Waals surface area contributed by atoms with E-state index in [1.54, 1.807) is 12.1 Å². The van der Waals surface area contributed by atoms with Crippen LogP contribution < -0.4 is 0 Å². The molecule has 0 saturated carbocycles. The van der Waals surface area contributed by atoms with E-state index in [0.29, 0.717) is 19.6 Å². The summed E-state index contributed by atoms with van der Waals surface area (Å²) >= 11 is 1.46. The maximum absolute atomic E-state index is 13.2. The van der Waals surface area contributed by atoms with Gasteiger partial charge in [-0.25, -0.2) is 4.39 Å². The highest BCUT2D eigenvalue weighted by Gasteiger charge is 2.19. The highest BCUT2D eigenvalue weighted by Crippen LogP contribution is 2.18. The Morgan fingerprint density at radius 3 is 2.38 bits per heavy atom. The molecule has 0 fully saturated rings. The van der Waals surface area contributed by atoms with Crippen LogP contribution in [-0.2, 0) is 19.6 Å². The standard InChI is InChI=1S/C24H21FN2OS/c25-21-12-10-20(11-13-21)16-26-14-4-8-22(26)18-27(17-19-6-2-1-3-7-19)24(28)23-9-5-15-29-23/h1-15H,16-18H2. The lowest BCUT2D eigenvalue weighted by atomic mass is 10.2. The largest absolute Gasteiger partial charge is 0.345 e. The first-order valence-corrected chi connectivity index (χ1v) is 10.3. The third-order valence-electron chi connectivity index (χ3n) is 4.78. The summed E-state index contributed by atoms with van der Waals surface area (Å²) in [5, 5.41) is 1.92. The molecule has 1 amide bonds. The monoisotopic (exact) mass is 404 g/mol. The molecule has 0 unspecified atom stereocenters. The second kappa shape index (κ2) is 8.88. The fourth-order valence-electron chi connectivity index (χ4n) is 3.29. The van der Waals surface area contributed by atoms with Gasteiger partial charge in [-0.3, -0.25) is 4.79 Å². The highest BCUT2D eigenvalue weighted by atomic mass is 32.1. The van der Waals surface area contributed by atoms with E-state index in [1.165, 1.54) is 23.5 Å². The Morgan fingerprint density at radius 1 is 0.862 bits per heavy atom. The van der Waals surface area contributed by atoms with Gasteiger partial charge < -0.3 is 9.47 Å². The van der Waals surface area contributed by atoms with Crippen molar-refractivity contribution < 1.29 is 9.18 Å². The molecule has 2 aromatic carbocycles. The Labute approximate surface area is 173 Å². The first-order valence-electron chi connectivity index (χ1n) is 9.44. The third kappa shape index (κ3) is 4.81. The molecular formula is C24H21FN2OS. The fraction of sp³-hybridized carbons (Fsp3) is 0.125. The molecule has 0 aliphatic carbocycles. The van der Waals surface area contributed by atoms with Crippen LogP contribution in [0.2, 0.25) is 0 Å². The van der Waals surface area contributed by atoms with Crippen molar-refractivity contribution in [1.82, 2.24) is 9.47 Å². The molecule has 0 saturated heterocycles. The van der Waals surface area contributed by atoms with Gasteiger partial charge in [-0.05, 0) is 46.8 Å². The van der Waals surface area contributed by atoms with E-state index in [9.17, 15) is 9.18 Å². The van der Waals surface area contributed by atoms with Crippen molar-refractivity contribution >= 4 is 17.2 Å². The second-order valence-corrected chi connectivity index (χ2v) is 7.83. The van der Waals surface area contributed by atoms with Crippen LogP contribution >= 0.6 is 11.3 Å². The van der Waals surface area contributed by atoms with Gasteiger partial charge in [-0.15, -0.1) is 11.3 Å². The smallest absolute Gasteiger partial charge is 0.264 e. The van der Waals surface area contributed by atoms with Gasteiger partial charge in [0, 0.05) is 25.0 Å². The Hall–Kier alpha value is -3.18. The topological polar surface area (TPSA) is 25.2 Å². The number of aromatic nitrogens is 1. The lowest BCUT2D eigenvalue weighted by Gasteiger charge is -2.23. The summed E-state index contributed by atoms with van der Waals surface area (Å²) in [6.07, 6.45) is 2.00. The molecule has 2 heterocycles.